The Bertz CT molecular complexity index is 750. The van der Waals surface area contributed by atoms with Crippen molar-refractivity contribution >= 4 is 16.7 Å². The molecule has 0 saturated carbocycles. The predicted molar refractivity (Wildman–Crippen MR) is 74.2 cm³/mol. The van der Waals surface area contributed by atoms with Crippen LogP contribution >= 0.6 is 0 Å². The number of nitrogens with one attached hydrogen (secondary N) is 1. The van der Waals surface area contributed by atoms with Crippen molar-refractivity contribution in [1.82, 2.24) is 9.97 Å². The van der Waals surface area contributed by atoms with Crippen molar-refractivity contribution in [2.45, 2.75) is 0 Å². The molecule has 5 nitrogen and oxygen atoms in total. The van der Waals surface area contributed by atoms with Crippen LogP contribution in [0.1, 0.15) is 0 Å². The summed E-state index contributed by atoms with van der Waals surface area (Å²) in [6.07, 6.45) is 0. The highest BCUT2D eigenvalue weighted by Crippen LogP contribution is 2.36. The molecule has 0 radical (unpaired) electrons. The van der Waals surface area contributed by atoms with E-state index in [1.165, 1.54) is 7.11 Å². The van der Waals surface area contributed by atoms with Gasteiger partial charge in [0.1, 0.15) is 5.82 Å². The molecule has 5 heteroatoms. The molecule has 0 aliphatic heterocycles. The van der Waals surface area contributed by atoms with E-state index < -0.39 is 0 Å². The van der Waals surface area contributed by atoms with Crippen molar-refractivity contribution < 1.29 is 9.84 Å². The van der Waals surface area contributed by atoms with E-state index in [4.69, 9.17) is 10.5 Å². The molecular formula is C14H13N3O2. The van der Waals surface area contributed by atoms with E-state index in [0.717, 1.165) is 11.0 Å². The zero-order chi connectivity index (χ0) is 13.4. The molecule has 1 aromatic heterocycles. The van der Waals surface area contributed by atoms with E-state index in [-0.39, 0.29) is 5.75 Å². The summed E-state index contributed by atoms with van der Waals surface area (Å²) in [5.74, 6) is 1.06. The third kappa shape index (κ3) is 1.85. The van der Waals surface area contributed by atoms with Crippen LogP contribution in [0, 0.1) is 0 Å². The van der Waals surface area contributed by atoms with Crippen LogP contribution in [-0.2, 0) is 0 Å². The Morgan fingerprint density at radius 3 is 2.89 bits per heavy atom. The Morgan fingerprint density at radius 2 is 2.11 bits per heavy atom. The Kier molecular flexibility index (Phi) is 2.52. The number of nitrogens with zero attached hydrogens (tertiary/aromatic N) is 1. The number of phenols is 1. The van der Waals surface area contributed by atoms with Crippen LogP contribution in [0.15, 0.2) is 36.4 Å². The lowest BCUT2D eigenvalue weighted by molar-refractivity contribution is 0.374. The van der Waals surface area contributed by atoms with Crippen molar-refractivity contribution in [3.05, 3.63) is 36.4 Å². The van der Waals surface area contributed by atoms with Gasteiger partial charge in [-0.15, -0.1) is 0 Å². The van der Waals surface area contributed by atoms with Gasteiger partial charge in [0.15, 0.2) is 11.5 Å². The van der Waals surface area contributed by atoms with Gasteiger partial charge in [-0.05, 0) is 30.3 Å². The first-order chi connectivity index (χ1) is 9.19. The molecule has 1 heterocycles. The Balaban J connectivity index is 2.19. The van der Waals surface area contributed by atoms with Crippen LogP contribution in [0.3, 0.4) is 0 Å². The lowest BCUT2D eigenvalue weighted by Crippen LogP contribution is -1.87. The number of nitrogens with two attached hydrogens (primary N) is 1. The topological polar surface area (TPSA) is 84.2 Å². The molecule has 0 aliphatic rings. The van der Waals surface area contributed by atoms with Crippen molar-refractivity contribution in [2.75, 3.05) is 12.8 Å². The smallest absolute Gasteiger partial charge is 0.168 e. The highest BCUT2D eigenvalue weighted by molar-refractivity contribution is 5.83. The third-order valence-corrected chi connectivity index (χ3v) is 2.98. The van der Waals surface area contributed by atoms with E-state index in [0.29, 0.717) is 22.8 Å². The SMILES string of the molecule is COc1cccc(-c2nc3ccc(N)cc3[nH]2)c1O. The maximum atomic E-state index is 10.1. The molecule has 0 fully saturated rings. The van der Waals surface area contributed by atoms with E-state index in [1.54, 1.807) is 24.3 Å². The standard InChI is InChI=1S/C14H13N3O2/c1-19-12-4-2-3-9(13(12)18)14-16-10-6-5-8(15)7-11(10)17-14/h2-7,18H,15H2,1H3,(H,16,17). The summed E-state index contributed by atoms with van der Waals surface area (Å²) in [4.78, 5) is 7.57. The minimum Gasteiger partial charge on any atom is -0.504 e. The third-order valence-electron chi connectivity index (χ3n) is 2.98. The van der Waals surface area contributed by atoms with Gasteiger partial charge in [0.25, 0.3) is 0 Å². The molecule has 96 valence electrons. The number of nitrogen functional groups attached to an aromatic ring is 1. The summed E-state index contributed by atoms with van der Waals surface area (Å²) >= 11 is 0. The molecule has 0 amide bonds. The number of rotatable bonds is 2. The zero-order valence-corrected chi connectivity index (χ0v) is 10.3. The van der Waals surface area contributed by atoms with Crippen LogP contribution in [0.25, 0.3) is 22.4 Å². The molecule has 0 saturated heterocycles. The normalized spacial score (nSPS) is 10.8. The average Bonchev–Trinajstić information content (AvgIpc) is 2.81. The second-order valence-electron chi connectivity index (χ2n) is 4.22. The summed E-state index contributed by atoms with van der Waals surface area (Å²) in [6.45, 7) is 0. The summed E-state index contributed by atoms with van der Waals surface area (Å²) in [7, 11) is 1.51. The van der Waals surface area contributed by atoms with Crippen LogP contribution in [-0.4, -0.2) is 22.2 Å². The monoisotopic (exact) mass is 255 g/mol. The number of aromatic hydroxyl groups is 1. The quantitative estimate of drug-likeness (QED) is 0.614. The maximum Gasteiger partial charge on any atom is 0.168 e. The zero-order valence-electron chi connectivity index (χ0n) is 10.3. The van der Waals surface area contributed by atoms with Gasteiger partial charge >= 0.3 is 0 Å². The number of phenolic OH excluding ortho intramolecular Hbond substituents is 1. The Hall–Kier alpha value is -2.69. The predicted octanol–water partition coefficient (Wildman–Crippen LogP) is 2.53. The molecule has 0 unspecified atom stereocenters. The Morgan fingerprint density at radius 1 is 1.26 bits per heavy atom. The van der Waals surface area contributed by atoms with Gasteiger partial charge in [-0.25, -0.2) is 4.98 Å². The molecule has 2 aromatic carbocycles. The molecule has 0 atom stereocenters. The minimum atomic E-state index is 0.0667. The van der Waals surface area contributed by atoms with E-state index in [9.17, 15) is 5.11 Å². The Labute approximate surface area is 109 Å². The number of H-pyrrole nitrogens is 1. The summed E-state index contributed by atoms with van der Waals surface area (Å²) in [6, 6.07) is 10.7. The van der Waals surface area contributed by atoms with Crippen molar-refractivity contribution in [1.29, 1.82) is 0 Å². The van der Waals surface area contributed by atoms with Gasteiger partial charge in [0, 0.05) is 5.69 Å². The number of benzene rings is 2. The van der Waals surface area contributed by atoms with Gasteiger partial charge in [0.05, 0.1) is 23.7 Å². The summed E-state index contributed by atoms with van der Waals surface area (Å²) in [5.41, 5.74) is 8.61. The molecule has 19 heavy (non-hydrogen) atoms. The van der Waals surface area contributed by atoms with Crippen LogP contribution in [0.5, 0.6) is 11.5 Å². The maximum absolute atomic E-state index is 10.1. The number of hydrogen-bond acceptors (Lipinski definition) is 4. The molecule has 4 N–H and O–H groups in total. The molecule has 3 aromatic rings. The van der Waals surface area contributed by atoms with Crippen LogP contribution < -0.4 is 10.5 Å². The summed E-state index contributed by atoms with van der Waals surface area (Å²) < 4.78 is 5.09. The molecule has 0 aliphatic carbocycles. The number of fused-ring (bicyclic) bond motifs is 1. The first-order valence-corrected chi connectivity index (χ1v) is 5.80. The number of para-hydroxylation sites is 1. The van der Waals surface area contributed by atoms with E-state index in [2.05, 4.69) is 9.97 Å². The van der Waals surface area contributed by atoms with Crippen molar-refractivity contribution in [3.8, 4) is 22.9 Å². The number of methoxy groups -OCH3 is 1. The highest BCUT2D eigenvalue weighted by Gasteiger charge is 2.13. The van der Waals surface area contributed by atoms with Gasteiger partial charge < -0.3 is 20.6 Å². The van der Waals surface area contributed by atoms with Crippen molar-refractivity contribution in [2.24, 2.45) is 0 Å². The van der Waals surface area contributed by atoms with Gasteiger partial charge in [-0.3, -0.25) is 0 Å². The fourth-order valence-electron chi connectivity index (χ4n) is 2.03. The van der Waals surface area contributed by atoms with Gasteiger partial charge in [-0.2, -0.15) is 0 Å². The number of aromatic amines is 1. The number of aromatic nitrogens is 2. The summed E-state index contributed by atoms with van der Waals surface area (Å²) in [5, 5.41) is 10.1. The van der Waals surface area contributed by atoms with E-state index >= 15 is 0 Å². The number of ether oxygens (including phenoxy) is 1. The lowest BCUT2D eigenvalue weighted by Gasteiger charge is -2.06. The van der Waals surface area contributed by atoms with E-state index in [1.807, 2.05) is 12.1 Å². The van der Waals surface area contributed by atoms with Crippen LogP contribution in [0.4, 0.5) is 5.69 Å². The molecule has 0 bridgehead atoms. The number of anilines is 1. The average molecular weight is 255 g/mol. The largest absolute Gasteiger partial charge is 0.504 e. The first-order valence-electron chi connectivity index (χ1n) is 5.80. The molecule has 3 rings (SSSR count). The second-order valence-corrected chi connectivity index (χ2v) is 4.22. The molecule has 0 spiro atoms. The second kappa shape index (κ2) is 4.20. The minimum absolute atomic E-state index is 0.0667. The highest BCUT2D eigenvalue weighted by atomic mass is 16.5. The fourth-order valence-corrected chi connectivity index (χ4v) is 2.03. The van der Waals surface area contributed by atoms with Crippen LogP contribution in [0.2, 0.25) is 0 Å². The van der Waals surface area contributed by atoms with Crippen molar-refractivity contribution in [3.63, 3.8) is 0 Å². The first kappa shape index (κ1) is 11.4. The van der Waals surface area contributed by atoms with Gasteiger partial charge in [-0.1, -0.05) is 6.07 Å². The lowest BCUT2D eigenvalue weighted by atomic mass is 10.2. The number of hydrogen-bond donors (Lipinski definition) is 3. The molecular weight excluding hydrogens is 242 g/mol. The number of imidazole rings is 1. The van der Waals surface area contributed by atoms with Gasteiger partial charge in [0.2, 0.25) is 0 Å². The fraction of sp³-hybridized carbons (Fsp3) is 0.0714.